The fourth-order valence-electron chi connectivity index (χ4n) is 2.21. The van der Waals surface area contributed by atoms with Crippen molar-refractivity contribution in [3.8, 4) is 34.3 Å². The molecule has 0 unspecified atom stereocenters. The van der Waals surface area contributed by atoms with Gasteiger partial charge in [0.2, 0.25) is 0 Å². The number of H-pyrrole nitrogens is 1. The van der Waals surface area contributed by atoms with Crippen molar-refractivity contribution in [2.45, 2.75) is 0 Å². The minimum absolute atomic E-state index is 0.0226. The number of rotatable bonds is 4. The third kappa shape index (κ3) is 3.65. The summed E-state index contributed by atoms with van der Waals surface area (Å²) in [7, 11) is 1.54. The molecule has 26 heavy (non-hydrogen) atoms. The maximum absolute atomic E-state index is 12.1. The van der Waals surface area contributed by atoms with Gasteiger partial charge in [0.15, 0.2) is 5.75 Å². The molecule has 0 bridgehead atoms. The van der Waals surface area contributed by atoms with E-state index >= 15 is 0 Å². The lowest BCUT2D eigenvalue weighted by Gasteiger charge is -2.09. The van der Waals surface area contributed by atoms with Crippen molar-refractivity contribution in [2.75, 3.05) is 12.4 Å². The summed E-state index contributed by atoms with van der Waals surface area (Å²) in [4.78, 5) is 12.1. The number of aromatic amines is 1. The molecule has 2 aromatic carbocycles. The van der Waals surface area contributed by atoms with Gasteiger partial charge in [-0.3, -0.25) is 10.4 Å². The predicted molar refractivity (Wildman–Crippen MR) is 95.0 cm³/mol. The van der Waals surface area contributed by atoms with Crippen molar-refractivity contribution in [2.24, 2.45) is 0 Å². The van der Waals surface area contributed by atoms with Gasteiger partial charge in [0.25, 0.3) is 0 Å². The molecule has 1 amide bonds. The molecule has 0 spiro atoms. The molecule has 3 rings (SSSR count). The highest BCUT2D eigenvalue weighted by molar-refractivity contribution is 6.32. The second-order valence-electron chi connectivity index (χ2n) is 5.16. The van der Waals surface area contributed by atoms with Gasteiger partial charge >= 0.3 is 6.09 Å². The number of nitrogens with one attached hydrogen (secondary N) is 2. The van der Waals surface area contributed by atoms with Crippen LogP contribution in [0, 0.1) is 0 Å². The standard InChI is InChI=1S/C17H14ClN3O5/c1-25-10-4-2-9(3-5-10)20-17(24)26-15-8-19-21-16(15)11-6-12(18)14(23)7-13(11)22/h2-8,22-23H,1H3,(H,19,21)(H,20,24). The number of hydrogen-bond acceptors (Lipinski definition) is 6. The zero-order chi connectivity index (χ0) is 18.7. The zero-order valence-corrected chi connectivity index (χ0v) is 14.2. The molecule has 134 valence electrons. The molecule has 0 aliphatic carbocycles. The number of aromatic nitrogens is 2. The van der Waals surface area contributed by atoms with E-state index < -0.39 is 6.09 Å². The summed E-state index contributed by atoms with van der Waals surface area (Å²) in [5, 5.41) is 28.6. The maximum Gasteiger partial charge on any atom is 0.417 e. The van der Waals surface area contributed by atoms with E-state index in [1.165, 1.54) is 12.3 Å². The van der Waals surface area contributed by atoms with Crippen molar-refractivity contribution in [1.29, 1.82) is 0 Å². The molecular weight excluding hydrogens is 362 g/mol. The number of hydrogen-bond donors (Lipinski definition) is 4. The third-order valence-corrected chi connectivity index (χ3v) is 3.77. The Hall–Kier alpha value is -3.39. The van der Waals surface area contributed by atoms with Crippen LogP contribution in [0.2, 0.25) is 5.02 Å². The first kappa shape index (κ1) is 17.4. The van der Waals surface area contributed by atoms with Gasteiger partial charge in [-0.05, 0) is 30.3 Å². The van der Waals surface area contributed by atoms with E-state index in [9.17, 15) is 15.0 Å². The maximum atomic E-state index is 12.1. The van der Waals surface area contributed by atoms with Crippen LogP contribution in [0.25, 0.3) is 11.3 Å². The van der Waals surface area contributed by atoms with Crippen LogP contribution in [-0.4, -0.2) is 33.6 Å². The Morgan fingerprint density at radius 1 is 1.19 bits per heavy atom. The Bertz CT molecular complexity index is 940. The molecule has 0 saturated carbocycles. The number of nitrogens with zero attached hydrogens (tertiary/aromatic N) is 1. The SMILES string of the molecule is COc1ccc(NC(=O)Oc2c[nH]nc2-c2cc(Cl)c(O)cc2O)cc1. The number of aromatic hydroxyl groups is 2. The number of benzene rings is 2. The number of anilines is 1. The van der Waals surface area contributed by atoms with Crippen LogP contribution in [0.1, 0.15) is 0 Å². The molecule has 1 aromatic heterocycles. The fourth-order valence-corrected chi connectivity index (χ4v) is 2.37. The van der Waals surface area contributed by atoms with Gasteiger partial charge in [-0.15, -0.1) is 0 Å². The quantitative estimate of drug-likeness (QED) is 0.551. The first-order valence-corrected chi connectivity index (χ1v) is 7.74. The summed E-state index contributed by atoms with van der Waals surface area (Å²) < 4.78 is 10.3. The summed E-state index contributed by atoms with van der Waals surface area (Å²) >= 11 is 5.86. The molecule has 0 radical (unpaired) electrons. The van der Waals surface area contributed by atoms with Crippen LogP contribution in [0.4, 0.5) is 10.5 Å². The smallest absolute Gasteiger partial charge is 0.417 e. The number of ether oxygens (including phenoxy) is 2. The van der Waals surface area contributed by atoms with Gasteiger partial charge in [0.1, 0.15) is 22.9 Å². The highest BCUT2D eigenvalue weighted by Gasteiger charge is 2.18. The number of phenols is 2. The van der Waals surface area contributed by atoms with Gasteiger partial charge in [0.05, 0.1) is 18.3 Å². The molecule has 0 atom stereocenters. The summed E-state index contributed by atoms with van der Waals surface area (Å²) in [6, 6.07) is 9.08. The third-order valence-electron chi connectivity index (χ3n) is 3.46. The fraction of sp³-hybridized carbons (Fsp3) is 0.0588. The van der Waals surface area contributed by atoms with Gasteiger partial charge in [0, 0.05) is 17.3 Å². The predicted octanol–water partition coefficient (Wildman–Crippen LogP) is 3.76. The van der Waals surface area contributed by atoms with Crippen molar-refractivity contribution in [3.05, 3.63) is 47.6 Å². The summed E-state index contributed by atoms with van der Waals surface area (Å²) in [5.41, 5.74) is 0.868. The Kier molecular flexibility index (Phi) is 4.85. The van der Waals surface area contributed by atoms with Gasteiger partial charge < -0.3 is 19.7 Å². The first-order chi connectivity index (χ1) is 12.5. The molecule has 0 fully saturated rings. The van der Waals surface area contributed by atoms with E-state index in [2.05, 4.69) is 15.5 Å². The normalized spacial score (nSPS) is 10.4. The van der Waals surface area contributed by atoms with E-state index in [1.54, 1.807) is 31.4 Å². The molecular formula is C17H14ClN3O5. The van der Waals surface area contributed by atoms with Crippen molar-refractivity contribution in [1.82, 2.24) is 10.2 Å². The van der Waals surface area contributed by atoms with E-state index in [-0.39, 0.29) is 33.5 Å². The molecule has 3 aromatic rings. The molecule has 0 aliphatic rings. The highest BCUT2D eigenvalue weighted by Crippen LogP contribution is 2.39. The average Bonchev–Trinajstić information content (AvgIpc) is 3.06. The van der Waals surface area contributed by atoms with Crippen LogP contribution >= 0.6 is 11.6 Å². The Morgan fingerprint density at radius 2 is 1.92 bits per heavy atom. The van der Waals surface area contributed by atoms with Crippen molar-refractivity contribution < 1.29 is 24.5 Å². The lowest BCUT2D eigenvalue weighted by atomic mass is 10.1. The molecule has 8 nitrogen and oxygen atoms in total. The molecule has 1 heterocycles. The number of methoxy groups -OCH3 is 1. The van der Waals surface area contributed by atoms with Crippen LogP contribution in [-0.2, 0) is 0 Å². The Balaban J connectivity index is 1.78. The minimum Gasteiger partial charge on any atom is -0.507 e. The van der Waals surface area contributed by atoms with Crippen LogP contribution in [0.5, 0.6) is 23.0 Å². The highest BCUT2D eigenvalue weighted by atomic mass is 35.5. The lowest BCUT2D eigenvalue weighted by Crippen LogP contribution is -2.16. The average molecular weight is 376 g/mol. The number of phenolic OH excluding ortho intramolecular Hbond substituents is 2. The molecule has 0 aliphatic heterocycles. The van der Waals surface area contributed by atoms with Crippen molar-refractivity contribution in [3.63, 3.8) is 0 Å². The van der Waals surface area contributed by atoms with Gasteiger partial charge in [-0.2, -0.15) is 5.10 Å². The number of amides is 1. The summed E-state index contributed by atoms with van der Waals surface area (Å²) in [6.07, 6.45) is 0.602. The monoisotopic (exact) mass is 375 g/mol. The molecule has 0 saturated heterocycles. The number of carbonyl (C=O) groups is 1. The Morgan fingerprint density at radius 3 is 2.62 bits per heavy atom. The first-order valence-electron chi connectivity index (χ1n) is 7.36. The van der Waals surface area contributed by atoms with Gasteiger partial charge in [-0.1, -0.05) is 11.6 Å². The minimum atomic E-state index is -0.748. The zero-order valence-electron chi connectivity index (χ0n) is 13.5. The lowest BCUT2D eigenvalue weighted by molar-refractivity contribution is 0.215. The van der Waals surface area contributed by atoms with E-state index in [4.69, 9.17) is 21.1 Å². The largest absolute Gasteiger partial charge is 0.507 e. The van der Waals surface area contributed by atoms with Crippen LogP contribution < -0.4 is 14.8 Å². The second-order valence-corrected chi connectivity index (χ2v) is 5.57. The topological polar surface area (TPSA) is 117 Å². The van der Waals surface area contributed by atoms with E-state index in [0.717, 1.165) is 6.07 Å². The van der Waals surface area contributed by atoms with Crippen molar-refractivity contribution >= 4 is 23.4 Å². The summed E-state index contributed by atoms with van der Waals surface area (Å²) in [5.74, 6) is 0.191. The molecule has 9 heteroatoms. The molecule has 4 N–H and O–H groups in total. The Labute approximate surface area is 153 Å². The van der Waals surface area contributed by atoms with E-state index in [1.807, 2.05) is 0 Å². The number of halogens is 1. The number of carbonyl (C=O) groups excluding carboxylic acids is 1. The van der Waals surface area contributed by atoms with Gasteiger partial charge in [-0.25, -0.2) is 4.79 Å². The van der Waals surface area contributed by atoms with E-state index in [0.29, 0.717) is 11.4 Å². The second kappa shape index (κ2) is 7.24. The summed E-state index contributed by atoms with van der Waals surface area (Å²) in [6.45, 7) is 0. The van der Waals surface area contributed by atoms with Crippen LogP contribution in [0.15, 0.2) is 42.6 Å². The van der Waals surface area contributed by atoms with Crippen LogP contribution in [0.3, 0.4) is 0 Å².